The Morgan fingerprint density at radius 3 is 2.81 bits per heavy atom. The molecule has 0 N–H and O–H groups in total. The minimum absolute atomic E-state index is 0.0693. The second kappa shape index (κ2) is 6.97. The van der Waals surface area contributed by atoms with E-state index < -0.39 is 9.84 Å². The van der Waals surface area contributed by atoms with Gasteiger partial charge in [-0.05, 0) is 30.7 Å². The standard InChI is InChI=1S/C16H20N4O3S3/c1-19(12-6-8-26(22,23)10-12)14(21)9-25-16-18-17-15(13-3-2-7-24-13)20(16)11-4-5-11/h2-3,7,11-12H,4-6,8-10H2,1H3/t12-/m0/s1. The van der Waals surface area contributed by atoms with Crippen LogP contribution in [-0.2, 0) is 14.6 Å². The maximum Gasteiger partial charge on any atom is 0.233 e. The molecule has 0 radical (unpaired) electrons. The van der Waals surface area contributed by atoms with Gasteiger partial charge in [0.2, 0.25) is 5.91 Å². The lowest BCUT2D eigenvalue weighted by Gasteiger charge is -2.23. The number of sulfone groups is 1. The van der Waals surface area contributed by atoms with Gasteiger partial charge in [-0.3, -0.25) is 9.36 Å². The molecule has 3 heterocycles. The maximum atomic E-state index is 12.5. The second-order valence-corrected chi connectivity index (χ2v) is 10.9. The number of aromatic nitrogens is 3. The minimum Gasteiger partial charge on any atom is -0.341 e. The van der Waals surface area contributed by atoms with Crippen LogP contribution in [0.15, 0.2) is 22.7 Å². The van der Waals surface area contributed by atoms with Gasteiger partial charge in [-0.1, -0.05) is 17.8 Å². The van der Waals surface area contributed by atoms with Crippen molar-refractivity contribution in [1.82, 2.24) is 19.7 Å². The molecule has 2 aromatic rings. The van der Waals surface area contributed by atoms with E-state index >= 15 is 0 Å². The predicted molar refractivity (Wildman–Crippen MR) is 102 cm³/mol. The van der Waals surface area contributed by atoms with Crippen LogP contribution in [0, 0.1) is 0 Å². The molecule has 0 spiro atoms. The van der Waals surface area contributed by atoms with Gasteiger partial charge >= 0.3 is 0 Å². The fourth-order valence-corrected chi connectivity index (χ4v) is 6.53. The normalized spacial score (nSPS) is 21.8. The number of thiophene rings is 1. The largest absolute Gasteiger partial charge is 0.341 e. The van der Waals surface area contributed by atoms with Gasteiger partial charge < -0.3 is 4.90 Å². The Bertz CT molecular complexity index is 903. The summed E-state index contributed by atoms with van der Waals surface area (Å²) in [4.78, 5) is 15.2. The van der Waals surface area contributed by atoms with Crippen LogP contribution in [0.3, 0.4) is 0 Å². The summed E-state index contributed by atoms with van der Waals surface area (Å²) in [7, 11) is -1.31. The number of hydrogen-bond acceptors (Lipinski definition) is 7. The lowest BCUT2D eigenvalue weighted by molar-refractivity contribution is -0.128. The number of nitrogens with zero attached hydrogens (tertiary/aromatic N) is 4. The van der Waals surface area contributed by atoms with E-state index in [1.165, 1.54) is 11.8 Å². The molecule has 26 heavy (non-hydrogen) atoms. The van der Waals surface area contributed by atoms with Gasteiger partial charge in [0.05, 0.1) is 22.1 Å². The molecule has 1 aliphatic heterocycles. The Balaban J connectivity index is 1.44. The van der Waals surface area contributed by atoms with Crippen LogP contribution in [-0.4, -0.2) is 64.3 Å². The summed E-state index contributed by atoms with van der Waals surface area (Å²) in [5.41, 5.74) is 0. The molecule has 1 saturated carbocycles. The quantitative estimate of drug-likeness (QED) is 0.676. The van der Waals surface area contributed by atoms with Crippen molar-refractivity contribution in [3.05, 3.63) is 17.5 Å². The Morgan fingerprint density at radius 1 is 1.38 bits per heavy atom. The molecule has 7 nitrogen and oxygen atoms in total. The van der Waals surface area contributed by atoms with Crippen molar-refractivity contribution in [1.29, 1.82) is 0 Å². The SMILES string of the molecule is CN(C(=O)CSc1nnc(-c2cccs2)n1C1CC1)[C@H]1CCS(=O)(=O)C1. The molecule has 0 bridgehead atoms. The molecule has 1 saturated heterocycles. The molecule has 2 aromatic heterocycles. The first-order valence-electron chi connectivity index (χ1n) is 8.52. The van der Waals surface area contributed by atoms with E-state index in [-0.39, 0.29) is 29.2 Å². The highest BCUT2D eigenvalue weighted by molar-refractivity contribution is 7.99. The summed E-state index contributed by atoms with van der Waals surface area (Å²) >= 11 is 3.01. The van der Waals surface area contributed by atoms with Crippen molar-refractivity contribution < 1.29 is 13.2 Å². The molecule has 1 aliphatic carbocycles. The van der Waals surface area contributed by atoms with Crippen LogP contribution in [0.4, 0.5) is 0 Å². The monoisotopic (exact) mass is 412 g/mol. The molecule has 1 amide bonds. The van der Waals surface area contributed by atoms with Crippen molar-refractivity contribution in [3.8, 4) is 10.7 Å². The predicted octanol–water partition coefficient (Wildman–Crippen LogP) is 2.08. The third-order valence-electron chi connectivity index (χ3n) is 4.79. The summed E-state index contributed by atoms with van der Waals surface area (Å²) < 4.78 is 25.4. The topological polar surface area (TPSA) is 85.2 Å². The number of rotatable bonds is 6. The summed E-state index contributed by atoms with van der Waals surface area (Å²) in [6, 6.07) is 4.22. The summed E-state index contributed by atoms with van der Waals surface area (Å²) in [5, 5.41) is 11.4. The van der Waals surface area contributed by atoms with Crippen molar-refractivity contribution in [2.45, 2.75) is 36.5 Å². The highest BCUT2D eigenvalue weighted by Gasteiger charge is 2.34. The fraction of sp³-hybridized carbons (Fsp3) is 0.562. The van der Waals surface area contributed by atoms with E-state index in [1.54, 1.807) is 23.3 Å². The molecule has 10 heteroatoms. The number of thioether (sulfide) groups is 1. The van der Waals surface area contributed by atoms with Gasteiger partial charge in [0, 0.05) is 19.1 Å². The summed E-state index contributed by atoms with van der Waals surface area (Å²) in [5.74, 6) is 1.28. The van der Waals surface area contributed by atoms with Gasteiger partial charge in [0.1, 0.15) is 0 Å². The third-order valence-corrected chi connectivity index (χ3v) is 8.34. The Morgan fingerprint density at radius 2 is 2.19 bits per heavy atom. The number of amides is 1. The van der Waals surface area contributed by atoms with Crippen LogP contribution in [0.1, 0.15) is 25.3 Å². The lowest BCUT2D eigenvalue weighted by Crippen LogP contribution is -2.38. The minimum atomic E-state index is -3.00. The van der Waals surface area contributed by atoms with E-state index in [1.807, 2.05) is 17.5 Å². The van der Waals surface area contributed by atoms with Crippen LogP contribution in [0.25, 0.3) is 10.7 Å². The van der Waals surface area contributed by atoms with Crippen LogP contribution >= 0.6 is 23.1 Å². The molecule has 4 rings (SSSR count). The Kier molecular flexibility index (Phi) is 4.83. The average Bonchev–Trinajstić information content (AvgIpc) is 3.01. The molecule has 0 unspecified atom stereocenters. The van der Waals surface area contributed by atoms with E-state index in [4.69, 9.17) is 0 Å². The first-order valence-corrected chi connectivity index (χ1v) is 12.2. The van der Waals surface area contributed by atoms with E-state index in [9.17, 15) is 13.2 Å². The van der Waals surface area contributed by atoms with Gasteiger partial charge in [-0.25, -0.2) is 8.42 Å². The van der Waals surface area contributed by atoms with Crippen molar-refractivity contribution in [2.75, 3.05) is 24.3 Å². The van der Waals surface area contributed by atoms with Gasteiger partial charge in [-0.15, -0.1) is 21.5 Å². The molecule has 0 aromatic carbocycles. The number of carbonyl (C=O) groups excluding carboxylic acids is 1. The fourth-order valence-electron chi connectivity index (χ4n) is 3.12. The van der Waals surface area contributed by atoms with Gasteiger partial charge in [-0.2, -0.15) is 0 Å². The van der Waals surface area contributed by atoms with E-state index in [0.717, 1.165) is 28.7 Å². The third kappa shape index (κ3) is 3.67. The number of hydrogen-bond donors (Lipinski definition) is 0. The van der Waals surface area contributed by atoms with Crippen molar-refractivity contribution in [2.24, 2.45) is 0 Å². The molecule has 2 fully saturated rings. The first kappa shape index (κ1) is 18.0. The highest BCUT2D eigenvalue weighted by Crippen LogP contribution is 2.41. The molecule has 140 valence electrons. The average molecular weight is 413 g/mol. The zero-order valence-corrected chi connectivity index (χ0v) is 16.8. The molecular formula is C16H20N4O3S3. The first-order chi connectivity index (χ1) is 12.4. The van der Waals surface area contributed by atoms with Gasteiger partial charge in [0.25, 0.3) is 0 Å². The zero-order chi connectivity index (χ0) is 18.3. The van der Waals surface area contributed by atoms with Crippen LogP contribution in [0.5, 0.6) is 0 Å². The van der Waals surface area contributed by atoms with E-state index in [2.05, 4.69) is 14.8 Å². The van der Waals surface area contributed by atoms with E-state index in [0.29, 0.717) is 12.5 Å². The summed E-state index contributed by atoms with van der Waals surface area (Å²) in [6.45, 7) is 0. The highest BCUT2D eigenvalue weighted by atomic mass is 32.2. The maximum absolute atomic E-state index is 12.5. The summed E-state index contributed by atoms with van der Waals surface area (Å²) in [6.07, 6.45) is 2.74. The Hall–Kier alpha value is -1.39. The van der Waals surface area contributed by atoms with Crippen molar-refractivity contribution in [3.63, 3.8) is 0 Å². The molecular weight excluding hydrogens is 392 g/mol. The molecule has 1 atom stereocenters. The van der Waals surface area contributed by atoms with Gasteiger partial charge in [0.15, 0.2) is 20.8 Å². The lowest BCUT2D eigenvalue weighted by atomic mass is 10.2. The van der Waals surface area contributed by atoms with Crippen LogP contribution < -0.4 is 0 Å². The Labute approximate surface area is 160 Å². The number of carbonyl (C=O) groups is 1. The van der Waals surface area contributed by atoms with Crippen LogP contribution in [0.2, 0.25) is 0 Å². The smallest absolute Gasteiger partial charge is 0.233 e. The van der Waals surface area contributed by atoms with Crippen molar-refractivity contribution >= 4 is 38.8 Å². The zero-order valence-electron chi connectivity index (χ0n) is 14.4. The molecule has 2 aliphatic rings. The second-order valence-electron chi connectivity index (χ2n) is 6.73.